The number of hydrogen-bond acceptors (Lipinski definition) is 1. The second-order valence-corrected chi connectivity index (χ2v) is 3.10. The lowest BCUT2D eigenvalue weighted by Gasteiger charge is -2.09. The van der Waals surface area contributed by atoms with Crippen molar-refractivity contribution in [2.24, 2.45) is 0 Å². The van der Waals surface area contributed by atoms with E-state index in [1.807, 2.05) is 0 Å². The summed E-state index contributed by atoms with van der Waals surface area (Å²) in [5.74, 6) is -0.667. The Bertz CT molecular complexity index is 337. The monoisotopic (exact) mass is 227 g/mol. The van der Waals surface area contributed by atoms with Crippen molar-refractivity contribution in [1.29, 1.82) is 0 Å². The Labute approximate surface area is 82.5 Å². The number of thiol groups is 1. The van der Waals surface area contributed by atoms with E-state index in [0.29, 0.717) is 6.07 Å². The number of halogens is 4. The molecule has 0 N–H and O–H groups in total. The summed E-state index contributed by atoms with van der Waals surface area (Å²) in [6.07, 6.45) is -4.53. The summed E-state index contributed by atoms with van der Waals surface area (Å²) in [6, 6.07) is 1.43. The molecule has 0 saturated carbocycles. The van der Waals surface area contributed by atoms with Gasteiger partial charge >= 0.3 is 6.18 Å². The van der Waals surface area contributed by atoms with Crippen LogP contribution in [-0.4, -0.2) is 0 Å². The molecule has 0 aromatic heterocycles. The topological polar surface area (TPSA) is 19.9 Å². The van der Waals surface area contributed by atoms with Gasteiger partial charge in [-0.1, -0.05) is 11.6 Å². The third-order valence-corrected chi connectivity index (χ3v) is 2.36. The van der Waals surface area contributed by atoms with Crippen LogP contribution in [0.25, 0.3) is 0 Å². The second-order valence-electron chi connectivity index (χ2n) is 2.27. The number of benzene rings is 1. The average molecular weight is 228 g/mol. The van der Waals surface area contributed by atoms with E-state index in [1.54, 1.807) is 0 Å². The molecule has 0 aliphatic heterocycles. The Balaban J connectivity index is 3.35. The summed E-state index contributed by atoms with van der Waals surface area (Å²) in [5, 5.41) is 10.3. The third-order valence-electron chi connectivity index (χ3n) is 1.39. The van der Waals surface area contributed by atoms with Gasteiger partial charge < -0.3 is 0 Å². The molecule has 1 rings (SSSR count). The summed E-state index contributed by atoms with van der Waals surface area (Å²) in [5.41, 5.74) is -1.000. The highest BCUT2D eigenvalue weighted by Gasteiger charge is 2.34. The third kappa shape index (κ3) is 2.03. The lowest BCUT2D eigenvalue weighted by molar-refractivity contribution is -0.139. The minimum absolute atomic E-state index is 0.502. The first kappa shape index (κ1) is 10.5. The van der Waals surface area contributed by atoms with Gasteiger partial charge in [-0.2, -0.15) is 13.2 Å². The van der Waals surface area contributed by atoms with Crippen LogP contribution >= 0.6 is 24.2 Å². The normalized spacial score (nSPS) is 11.8. The molecule has 0 fully saturated rings. The Kier molecular flexibility index (Phi) is 2.68. The highest BCUT2D eigenvalue weighted by atomic mass is 35.5. The maximum absolute atomic E-state index is 12.2. The Morgan fingerprint density at radius 2 is 1.85 bits per heavy atom. The molecule has 0 amide bonds. The quantitative estimate of drug-likeness (QED) is 0.651. The fraction of sp³-hybridized carbons (Fsp3) is 0.143. The highest BCUT2D eigenvalue weighted by molar-refractivity contribution is 7.80. The van der Waals surface area contributed by atoms with Crippen LogP contribution in [0.4, 0.5) is 13.2 Å². The van der Waals surface area contributed by atoms with Gasteiger partial charge in [-0.05, 0) is 12.1 Å². The van der Waals surface area contributed by atoms with Gasteiger partial charge in [-0.15, -0.1) is 12.6 Å². The lowest BCUT2D eigenvalue weighted by Crippen LogP contribution is -2.06. The van der Waals surface area contributed by atoms with E-state index < -0.39 is 27.4 Å². The summed E-state index contributed by atoms with van der Waals surface area (Å²) < 4.78 is 36.5. The van der Waals surface area contributed by atoms with Crippen LogP contribution in [-0.2, 0) is 11.3 Å². The highest BCUT2D eigenvalue weighted by Crippen LogP contribution is 2.40. The van der Waals surface area contributed by atoms with Gasteiger partial charge in [0.05, 0.1) is 5.56 Å². The molecule has 1 aromatic carbocycles. The van der Waals surface area contributed by atoms with Crippen molar-refractivity contribution in [3.8, 4) is 5.75 Å². The zero-order valence-electron chi connectivity index (χ0n) is 6.02. The SMILES string of the molecule is [O]c1ccc(C(F)(F)F)c(S)c1Cl. The molecule has 0 atom stereocenters. The van der Waals surface area contributed by atoms with Crippen LogP contribution in [0.3, 0.4) is 0 Å². The molecule has 6 heteroatoms. The molecule has 0 heterocycles. The molecule has 1 aromatic rings. The van der Waals surface area contributed by atoms with Crippen LogP contribution in [0.1, 0.15) is 5.56 Å². The molecule has 0 saturated heterocycles. The molecule has 0 spiro atoms. The fourth-order valence-corrected chi connectivity index (χ4v) is 1.25. The average Bonchev–Trinajstić information content (AvgIpc) is 1.98. The summed E-state index contributed by atoms with van der Waals surface area (Å²) in [6.45, 7) is 0. The first-order valence-corrected chi connectivity index (χ1v) is 3.92. The maximum atomic E-state index is 12.2. The molecule has 0 unspecified atom stereocenters. The van der Waals surface area contributed by atoms with Crippen LogP contribution in [0.2, 0.25) is 5.02 Å². The zero-order chi connectivity index (χ0) is 10.2. The van der Waals surface area contributed by atoms with E-state index in [0.717, 1.165) is 6.07 Å². The molecule has 13 heavy (non-hydrogen) atoms. The molecular weight excluding hydrogens is 225 g/mol. The molecule has 1 radical (unpaired) electrons. The minimum atomic E-state index is -4.53. The van der Waals surface area contributed by atoms with Gasteiger partial charge in [-0.25, -0.2) is 0 Å². The van der Waals surface area contributed by atoms with E-state index in [1.165, 1.54) is 0 Å². The van der Waals surface area contributed by atoms with Crippen molar-refractivity contribution < 1.29 is 18.3 Å². The van der Waals surface area contributed by atoms with Crippen LogP contribution in [0.15, 0.2) is 17.0 Å². The Morgan fingerprint density at radius 1 is 1.31 bits per heavy atom. The zero-order valence-corrected chi connectivity index (χ0v) is 7.67. The van der Waals surface area contributed by atoms with E-state index in [4.69, 9.17) is 11.6 Å². The number of hydrogen-bond donors (Lipinski definition) is 1. The summed E-state index contributed by atoms with van der Waals surface area (Å²) in [4.78, 5) is -0.526. The van der Waals surface area contributed by atoms with Gasteiger partial charge in [0.25, 0.3) is 0 Å². The standard InChI is InChI=1S/C7H3ClF3OS/c8-5-4(12)2-1-3(6(5)13)7(9,10)11/h1-2,13H. The van der Waals surface area contributed by atoms with Gasteiger partial charge in [0, 0.05) is 4.90 Å². The van der Waals surface area contributed by atoms with Crippen molar-refractivity contribution in [1.82, 2.24) is 0 Å². The smallest absolute Gasteiger partial charge is 0.288 e. The van der Waals surface area contributed by atoms with Crippen molar-refractivity contribution in [3.63, 3.8) is 0 Å². The van der Waals surface area contributed by atoms with E-state index in [2.05, 4.69) is 12.6 Å². The van der Waals surface area contributed by atoms with Gasteiger partial charge in [0.15, 0.2) is 5.75 Å². The summed E-state index contributed by atoms with van der Waals surface area (Å²) in [7, 11) is 0. The maximum Gasteiger partial charge on any atom is 0.417 e. The molecule has 1 nitrogen and oxygen atoms in total. The van der Waals surface area contributed by atoms with Crippen LogP contribution < -0.4 is 0 Å². The lowest BCUT2D eigenvalue weighted by atomic mass is 10.2. The predicted molar refractivity (Wildman–Crippen MR) is 43.8 cm³/mol. The molecule has 71 valence electrons. The molecular formula is C7H3ClF3OS. The minimum Gasteiger partial charge on any atom is -0.288 e. The van der Waals surface area contributed by atoms with E-state index >= 15 is 0 Å². The largest absolute Gasteiger partial charge is 0.417 e. The Hall–Kier alpha value is -0.550. The number of alkyl halides is 3. The first-order valence-electron chi connectivity index (χ1n) is 3.09. The summed E-state index contributed by atoms with van der Waals surface area (Å²) >= 11 is 8.82. The van der Waals surface area contributed by atoms with Crippen molar-refractivity contribution >= 4 is 24.2 Å². The van der Waals surface area contributed by atoms with Gasteiger partial charge in [-0.3, -0.25) is 5.11 Å². The molecule has 0 aliphatic carbocycles. The Morgan fingerprint density at radius 3 is 2.31 bits per heavy atom. The van der Waals surface area contributed by atoms with Crippen LogP contribution in [0.5, 0.6) is 5.75 Å². The molecule has 0 bridgehead atoms. The van der Waals surface area contributed by atoms with E-state index in [9.17, 15) is 18.3 Å². The predicted octanol–water partition coefficient (Wildman–Crippen LogP) is 3.79. The van der Waals surface area contributed by atoms with Crippen LogP contribution in [0, 0.1) is 0 Å². The van der Waals surface area contributed by atoms with Crippen molar-refractivity contribution in [3.05, 3.63) is 22.7 Å². The van der Waals surface area contributed by atoms with E-state index in [-0.39, 0.29) is 0 Å². The van der Waals surface area contributed by atoms with Gasteiger partial charge in [0.2, 0.25) is 0 Å². The first-order chi connectivity index (χ1) is 5.84. The van der Waals surface area contributed by atoms with Gasteiger partial charge in [0.1, 0.15) is 5.02 Å². The molecule has 0 aliphatic rings. The number of rotatable bonds is 0. The fourth-order valence-electron chi connectivity index (χ4n) is 0.775. The van der Waals surface area contributed by atoms with Crippen molar-refractivity contribution in [2.45, 2.75) is 11.1 Å². The second kappa shape index (κ2) is 3.31. The van der Waals surface area contributed by atoms with Crippen molar-refractivity contribution in [2.75, 3.05) is 0 Å².